The molecule has 0 spiro atoms. The van der Waals surface area contributed by atoms with E-state index < -0.39 is 0 Å². The van der Waals surface area contributed by atoms with Crippen LogP contribution in [0.1, 0.15) is 62.8 Å². The molecular weight excluding hydrogens is 180 g/mol. The third-order valence-electron chi connectivity index (χ3n) is 2.97. The molecule has 0 aliphatic rings. The van der Waals surface area contributed by atoms with E-state index in [0.29, 0.717) is 5.92 Å². The average Bonchev–Trinajstić information content (AvgIpc) is 1.99. The summed E-state index contributed by atoms with van der Waals surface area (Å²) in [5.74, 6) is 0.622. The van der Waals surface area contributed by atoms with E-state index in [1.165, 1.54) is 22.3 Å². The normalized spacial score (nSPS) is 12.3. The van der Waals surface area contributed by atoms with Crippen LogP contribution in [0.4, 0.5) is 0 Å². The van der Waals surface area contributed by atoms with E-state index in [4.69, 9.17) is 0 Å². The van der Waals surface area contributed by atoms with Gasteiger partial charge in [0.25, 0.3) is 0 Å². The lowest BCUT2D eigenvalue weighted by Gasteiger charge is -2.25. The Morgan fingerprint density at radius 2 is 1.33 bits per heavy atom. The molecular formula is C15H24. The van der Waals surface area contributed by atoms with Crippen LogP contribution < -0.4 is 0 Å². The molecule has 0 saturated carbocycles. The van der Waals surface area contributed by atoms with Crippen LogP contribution in [0.25, 0.3) is 0 Å². The molecule has 0 aromatic heterocycles. The van der Waals surface area contributed by atoms with Gasteiger partial charge in [-0.2, -0.15) is 0 Å². The van der Waals surface area contributed by atoms with Crippen LogP contribution in [-0.4, -0.2) is 0 Å². The van der Waals surface area contributed by atoms with Gasteiger partial charge in [0.15, 0.2) is 0 Å². The molecule has 1 aromatic rings. The fourth-order valence-corrected chi connectivity index (χ4v) is 2.51. The Morgan fingerprint density at radius 3 is 1.60 bits per heavy atom. The molecule has 0 unspecified atom stereocenters. The maximum atomic E-state index is 2.35. The van der Waals surface area contributed by atoms with E-state index in [1.807, 2.05) is 0 Å². The molecule has 0 fully saturated rings. The van der Waals surface area contributed by atoms with Crippen molar-refractivity contribution in [3.05, 3.63) is 34.4 Å². The first-order valence-corrected chi connectivity index (χ1v) is 5.85. The molecule has 0 bridgehead atoms. The lowest BCUT2D eigenvalue weighted by Crippen LogP contribution is -2.15. The van der Waals surface area contributed by atoms with Gasteiger partial charge in [-0.3, -0.25) is 0 Å². The highest BCUT2D eigenvalue weighted by Gasteiger charge is 2.19. The number of benzene rings is 1. The fraction of sp³-hybridized carbons (Fsp3) is 0.600. The maximum absolute atomic E-state index is 2.35. The first kappa shape index (κ1) is 12.3. The Kier molecular flexibility index (Phi) is 3.28. The summed E-state index contributed by atoms with van der Waals surface area (Å²) in [4.78, 5) is 0. The zero-order valence-electron chi connectivity index (χ0n) is 11.2. The van der Waals surface area contributed by atoms with Crippen molar-refractivity contribution in [2.45, 2.75) is 59.8 Å². The average molecular weight is 204 g/mol. The van der Waals surface area contributed by atoms with E-state index in [-0.39, 0.29) is 5.41 Å². The summed E-state index contributed by atoms with van der Waals surface area (Å²) in [7, 11) is 0. The van der Waals surface area contributed by atoms with Crippen molar-refractivity contribution < 1.29 is 0 Å². The number of hydrogen-bond acceptors (Lipinski definition) is 0. The molecule has 1 aromatic carbocycles. The zero-order chi connectivity index (χ0) is 11.8. The second-order valence-corrected chi connectivity index (χ2v) is 5.93. The molecule has 0 N–H and O–H groups in total. The molecule has 0 heterocycles. The van der Waals surface area contributed by atoms with Crippen LogP contribution in [-0.2, 0) is 5.41 Å². The molecule has 84 valence electrons. The van der Waals surface area contributed by atoms with Crippen molar-refractivity contribution in [1.82, 2.24) is 0 Å². The highest BCUT2D eigenvalue weighted by molar-refractivity contribution is 5.42. The van der Waals surface area contributed by atoms with E-state index in [0.717, 1.165) is 0 Å². The van der Waals surface area contributed by atoms with Gasteiger partial charge in [-0.25, -0.2) is 0 Å². The molecule has 0 aliphatic heterocycles. The summed E-state index contributed by atoms with van der Waals surface area (Å²) in [5, 5.41) is 0. The van der Waals surface area contributed by atoms with Crippen molar-refractivity contribution in [2.24, 2.45) is 0 Å². The topological polar surface area (TPSA) is 0 Å². The molecule has 0 nitrogen and oxygen atoms in total. The smallest absolute Gasteiger partial charge is 0.0127 e. The molecule has 0 heteroatoms. The minimum Gasteiger partial charge on any atom is -0.0587 e. The Balaban J connectivity index is 3.34. The van der Waals surface area contributed by atoms with Crippen LogP contribution in [0.2, 0.25) is 0 Å². The van der Waals surface area contributed by atoms with Gasteiger partial charge in [0.2, 0.25) is 0 Å². The van der Waals surface area contributed by atoms with Gasteiger partial charge in [0.05, 0.1) is 0 Å². The highest BCUT2D eigenvalue weighted by atomic mass is 14.2. The van der Waals surface area contributed by atoms with Gasteiger partial charge < -0.3 is 0 Å². The number of hydrogen-bond donors (Lipinski definition) is 0. The van der Waals surface area contributed by atoms with Crippen molar-refractivity contribution in [1.29, 1.82) is 0 Å². The number of rotatable bonds is 1. The third kappa shape index (κ3) is 2.62. The Morgan fingerprint density at radius 1 is 0.933 bits per heavy atom. The van der Waals surface area contributed by atoms with Gasteiger partial charge >= 0.3 is 0 Å². The van der Waals surface area contributed by atoms with Crippen LogP contribution in [0.5, 0.6) is 0 Å². The first-order valence-electron chi connectivity index (χ1n) is 5.85. The van der Waals surface area contributed by atoms with Gasteiger partial charge in [-0.1, -0.05) is 46.8 Å². The molecule has 0 aliphatic carbocycles. The minimum atomic E-state index is 0.254. The Hall–Kier alpha value is -0.780. The van der Waals surface area contributed by atoms with Crippen LogP contribution in [0, 0.1) is 13.8 Å². The monoisotopic (exact) mass is 204 g/mol. The van der Waals surface area contributed by atoms with Crippen LogP contribution in [0.3, 0.4) is 0 Å². The largest absolute Gasteiger partial charge is 0.0587 e. The van der Waals surface area contributed by atoms with Gasteiger partial charge in [-0.05, 0) is 47.4 Å². The van der Waals surface area contributed by atoms with E-state index in [9.17, 15) is 0 Å². The van der Waals surface area contributed by atoms with Crippen molar-refractivity contribution in [3.63, 3.8) is 0 Å². The molecule has 1 rings (SSSR count). The summed E-state index contributed by atoms with van der Waals surface area (Å²) < 4.78 is 0. The third-order valence-corrected chi connectivity index (χ3v) is 2.97. The lowest BCUT2D eigenvalue weighted by atomic mass is 9.79. The summed E-state index contributed by atoms with van der Waals surface area (Å²) in [6.07, 6.45) is 0. The minimum absolute atomic E-state index is 0.254. The maximum Gasteiger partial charge on any atom is -0.0127 e. The SMILES string of the molecule is Cc1cc(C(C)C)cc(C)c1C(C)(C)C. The van der Waals surface area contributed by atoms with E-state index >= 15 is 0 Å². The molecule has 0 amide bonds. The van der Waals surface area contributed by atoms with Crippen molar-refractivity contribution >= 4 is 0 Å². The fourth-order valence-electron chi connectivity index (χ4n) is 2.51. The molecule has 0 radical (unpaired) electrons. The summed E-state index contributed by atoms with van der Waals surface area (Å²) in [6.45, 7) is 15.8. The summed E-state index contributed by atoms with van der Waals surface area (Å²) in [5.41, 5.74) is 6.09. The lowest BCUT2D eigenvalue weighted by molar-refractivity contribution is 0.581. The number of aryl methyl sites for hydroxylation is 2. The van der Waals surface area contributed by atoms with E-state index in [1.54, 1.807) is 0 Å². The zero-order valence-corrected chi connectivity index (χ0v) is 11.2. The van der Waals surface area contributed by atoms with Crippen LogP contribution in [0.15, 0.2) is 12.1 Å². The first-order chi connectivity index (χ1) is 6.73. The summed E-state index contributed by atoms with van der Waals surface area (Å²) >= 11 is 0. The Bertz CT molecular complexity index is 328. The van der Waals surface area contributed by atoms with Crippen molar-refractivity contribution in [2.75, 3.05) is 0 Å². The van der Waals surface area contributed by atoms with E-state index in [2.05, 4.69) is 60.6 Å². The standard InChI is InChI=1S/C15H24/c1-10(2)13-8-11(3)14(12(4)9-13)15(5,6)7/h8-10H,1-7H3. The summed E-state index contributed by atoms with van der Waals surface area (Å²) in [6, 6.07) is 4.69. The quantitative estimate of drug-likeness (QED) is 0.620. The van der Waals surface area contributed by atoms with Crippen LogP contribution >= 0.6 is 0 Å². The van der Waals surface area contributed by atoms with Gasteiger partial charge in [0.1, 0.15) is 0 Å². The highest BCUT2D eigenvalue weighted by Crippen LogP contribution is 2.31. The van der Waals surface area contributed by atoms with Gasteiger partial charge in [0, 0.05) is 0 Å². The predicted octanol–water partition coefficient (Wildman–Crippen LogP) is 4.72. The molecule has 0 atom stereocenters. The Labute approximate surface area is 94.7 Å². The molecule has 0 saturated heterocycles. The molecule has 15 heavy (non-hydrogen) atoms. The second kappa shape index (κ2) is 4.00. The van der Waals surface area contributed by atoms with Crippen molar-refractivity contribution in [3.8, 4) is 0 Å². The predicted molar refractivity (Wildman–Crippen MR) is 68.7 cm³/mol. The second-order valence-electron chi connectivity index (χ2n) is 5.93. The van der Waals surface area contributed by atoms with Gasteiger partial charge in [-0.15, -0.1) is 0 Å².